The second kappa shape index (κ2) is 13.8. The average Bonchev–Trinajstić information content (AvgIpc) is 3.85. The van der Waals surface area contributed by atoms with Crippen molar-refractivity contribution in [1.82, 2.24) is 24.1 Å². The molecule has 0 saturated carbocycles. The van der Waals surface area contributed by atoms with Crippen LogP contribution in [0.4, 0.5) is 0 Å². The van der Waals surface area contributed by atoms with Crippen molar-refractivity contribution < 1.29 is 0 Å². The Morgan fingerprint density at radius 2 is 0.833 bits per heavy atom. The number of rotatable bonds is 6. The lowest BCUT2D eigenvalue weighted by Crippen LogP contribution is -2.01. The Morgan fingerprint density at radius 1 is 0.283 bits per heavy atom. The van der Waals surface area contributed by atoms with Gasteiger partial charge in [-0.2, -0.15) is 0 Å². The summed E-state index contributed by atoms with van der Waals surface area (Å²) >= 11 is 0. The zero-order chi connectivity index (χ0) is 39.6. The van der Waals surface area contributed by atoms with Crippen LogP contribution in [0.3, 0.4) is 0 Å². The molecule has 0 spiro atoms. The standard InChI is InChI=1S/C55H35N5/c1-3-15-36(16-4-1)39-21-13-22-41(33-39)54-56-53(38-18-5-2-6-19-38)57-55(58-54)42-23-14-24-43(35-42)59-49-28-12-10-26-47(49)51-50(59)32-31-46-45-25-9-11-27-48(45)60(52(46)51)44-30-29-37-17-7-8-20-40(37)34-44/h1-35H. The molecule has 280 valence electrons. The largest absolute Gasteiger partial charge is 0.309 e. The molecule has 5 heteroatoms. The number of hydrogen-bond donors (Lipinski definition) is 0. The van der Waals surface area contributed by atoms with Crippen LogP contribution >= 0.6 is 0 Å². The first kappa shape index (κ1) is 33.9. The zero-order valence-corrected chi connectivity index (χ0v) is 32.4. The van der Waals surface area contributed by atoms with Crippen LogP contribution in [-0.2, 0) is 0 Å². The Kier molecular flexibility index (Phi) is 7.78. The summed E-state index contributed by atoms with van der Waals surface area (Å²) in [4.78, 5) is 15.4. The Balaban J connectivity index is 1.07. The number of nitrogens with zero attached hydrogens (tertiary/aromatic N) is 5. The van der Waals surface area contributed by atoms with Crippen LogP contribution in [0, 0.1) is 0 Å². The highest BCUT2D eigenvalue weighted by atomic mass is 15.0. The molecule has 5 nitrogen and oxygen atoms in total. The van der Waals surface area contributed by atoms with E-state index in [0.717, 1.165) is 50.2 Å². The number of fused-ring (bicyclic) bond motifs is 8. The minimum atomic E-state index is 0.616. The molecule has 0 aliphatic rings. The highest BCUT2D eigenvalue weighted by molar-refractivity contribution is 6.26. The summed E-state index contributed by atoms with van der Waals surface area (Å²) in [5.41, 5.74) is 11.8. The third kappa shape index (κ3) is 5.52. The van der Waals surface area contributed by atoms with Gasteiger partial charge in [0.15, 0.2) is 17.5 Å². The smallest absolute Gasteiger partial charge is 0.164 e. The third-order valence-corrected chi connectivity index (χ3v) is 11.7. The summed E-state index contributed by atoms with van der Waals surface area (Å²) in [6.45, 7) is 0. The first-order chi connectivity index (χ1) is 29.7. The molecular formula is C55H35N5. The maximum atomic E-state index is 5.18. The fourth-order valence-corrected chi connectivity index (χ4v) is 8.97. The first-order valence-electron chi connectivity index (χ1n) is 20.3. The fraction of sp³-hybridized carbons (Fsp3) is 0. The maximum absolute atomic E-state index is 5.18. The van der Waals surface area contributed by atoms with E-state index in [1.54, 1.807) is 0 Å². The molecule has 3 heterocycles. The normalized spacial score (nSPS) is 11.7. The van der Waals surface area contributed by atoms with Gasteiger partial charge in [-0.1, -0.05) is 164 Å². The molecule has 0 N–H and O–H groups in total. The summed E-state index contributed by atoms with van der Waals surface area (Å²) in [5, 5.41) is 7.31. The molecule has 12 rings (SSSR count). The van der Waals surface area contributed by atoms with E-state index in [2.05, 4.69) is 197 Å². The van der Waals surface area contributed by atoms with Crippen molar-refractivity contribution in [3.63, 3.8) is 0 Å². The van der Waals surface area contributed by atoms with E-state index in [0.29, 0.717) is 17.5 Å². The van der Waals surface area contributed by atoms with Gasteiger partial charge in [-0.3, -0.25) is 0 Å². The summed E-state index contributed by atoms with van der Waals surface area (Å²) in [7, 11) is 0. The van der Waals surface area contributed by atoms with Gasteiger partial charge in [0.1, 0.15) is 0 Å². The average molecular weight is 766 g/mol. The minimum Gasteiger partial charge on any atom is -0.309 e. The molecule has 0 fully saturated rings. The van der Waals surface area contributed by atoms with Crippen molar-refractivity contribution in [2.75, 3.05) is 0 Å². The number of hydrogen-bond acceptors (Lipinski definition) is 3. The zero-order valence-electron chi connectivity index (χ0n) is 32.4. The van der Waals surface area contributed by atoms with Crippen molar-refractivity contribution >= 4 is 54.4 Å². The van der Waals surface area contributed by atoms with Gasteiger partial charge in [-0.05, 0) is 70.4 Å². The van der Waals surface area contributed by atoms with Crippen LogP contribution in [0.15, 0.2) is 212 Å². The highest BCUT2D eigenvalue weighted by Gasteiger charge is 2.21. The van der Waals surface area contributed by atoms with Gasteiger partial charge in [0.05, 0.1) is 22.1 Å². The molecule has 0 aliphatic carbocycles. The monoisotopic (exact) mass is 765 g/mol. The first-order valence-corrected chi connectivity index (χ1v) is 20.3. The highest BCUT2D eigenvalue weighted by Crippen LogP contribution is 2.42. The van der Waals surface area contributed by atoms with Gasteiger partial charge in [-0.25, -0.2) is 15.0 Å². The molecule has 9 aromatic carbocycles. The van der Waals surface area contributed by atoms with Crippen LogP contribution in [0.5, 0.6) is 0 Å². The van der Waals surface area contributed by atoms with E-state index in [-0.39, 0.29) is 0 Å². The molecular weight excluding hydrogens is 731 g/mol. The van der Waals surface area contributed by atoms with Gasteiger partial charge in [0.25, 0.3) is 0 Å². The van der Waals surface area contributed by atoms with Gasteiger partial charge in [-0.15, -0.1) is 0 Å². The van der Waals surface area contributed by atoms with Crippen LogP contribution in [0.25, 0.3) is 111 Å². The molecule has 0 radical (unpaired) electrons. The Hall–Kier alpha value is -8.15. The van der Waals surface area contributed by atoms with E-state index >= 15 is 0 Å². The number of benzene rings is 9. The predicted molar refractivity (Wildman–Crippen MR) is 248 cm³/mol. The lowest BCUT2D eigenvalue weighted by Gasteiger charge is -2.12. The Labute approximate surface area is 346 Å². The SMILES string of the molecule is c1ccc(-c2cccc(-c3nc(-c4ccccc4)nc(-c4cccc(-n5c6ccccc6c6c5ccc5c7ccccc7n(-c7ccc8ccccc8c7)c56)c4)n3)c2)cc1. The summed E-state index contributed by atoms with van der Waals surface area (Å²) in [5.74, 6) is 1.88. The predicted octanol–water partition coefficient (Wildman–Crippen LogP) is 13.9. The molecule has 0 atom stereocenters. The van der Waals surface area contributed by atoms with Crippen LogP contribution in [0.1, 0.15) is 0 Å². The maximum Gasteiger partial charge on any atom is 0.164 e. The Morgan fingerprint density at radius 3 is 1.60 bits per heavy atom. The molecule has 0 unspecified atom stereocenters. The molecule has 12 aromatic rings. The van der Waals surface area contributed by atoms with Crippen molar-refractivity contribution in [3.05, 3.63) is 212 Å². The van der Waals surface area contributed by atoms with Gasteiger partial charge >= 0.3 is 0 Å². The molecule has 3 aromatic heterocycles. The van der Waals surface area contributed by atoms with E-state index in [1.807, 2.05) is 24.3 Å². The van der Waals surface area contributed by atoms with Crippen LogP contribution < -0.4 is 0 Å². The van der Waals surface area contributed by atoms with E-state index in [4.69, 9.17) is 15.0 Å². The molecule has 0 amide bonds. The lowest BCUT2D eigenvalue weighted by molar-refractivity contribution is 1.07. The second-order valence-corrected chi connectivity index (χ2v) is 15.3. The quantitative estimate of drug-likeness (QED) is 0.169. The lowest BCUT2D eigenvalue weighted by atomic mass is 10.0. The number of aromatic nitrogens is 5. The molecule has 60 heavy (non-hydrogen) atoms. The van der Waals surface area contributed by atoms with Crippen molar-refractivity contribution in [1.29, 1.82) is 0 Å². The van der Waals surface area contributed by atoms with Crippen LogP contribution in [0.2, 0.25) is 0 Å². The minimum absolute atomic E-state index is 0.616. The Bertz CT molecular complexity index is 3600. The van der Waals surface area contributed by atoms with Gasteiger partial charge in [0.2, 0.25) is 0 Å². The van der Waals surface area contributed by atoms with E-state index < -0.39 is 0 Å². The summed E-state index contributed by atoms with van der Waals surface area (Å²) in [6, 6.07) is 75.1. The van der Waals surface area contributed by atoms with Gasteiger partial charge in [0, 0.05) is 49.6 Å². The van der Waals surface area contributed by atoms with Crippen molar-refractivity contribution in [3.8, 4) is 56.7 Å². The fourth-order valence-electron chi connectivity index (χ4n) is 8.97. The molecule has 0 saturated heterocycles. The topological polar surface area (TPSA) is 48.5 Å². The van der Waals surface area contributed by atoms with E-state index in [9.17, 15) is 0 Å². The summed E-state index contributed by atoms with van der Waals surface area (Å²) < 4.78 is 4.84. The third-order valence-electron chi connectivity index (χ3n) is 11.7. The summed E-state index contributed by atoms with van der Waals surface area (Å²) in [6.07, 6.45) is 0. The molecule has 0 aliphatic heterocycles. The van der Waals surface area contributed by atoms with Crippen molar-refractivity contribution in [2.45, 2.75) is 0 Å². The van der Waals surface area contributed by atoms with Crippen LogP contribution in [-0.4, -0.2) is 24.1 Å². The van der Waals surface area contributed by atoms with Crippen molar-refractivity contribution in [2.24, 2.45) is 0 Å². The van der Waals surface area contributed by atoms with Gasteiger partial charge < -0.3 is 9.13 Å². The van der Waals surface area contributed by atoms with E-state index in [1.165, 1.54) is 43.4 Å². The number of para-hydroxylation sites is 2. The molecule has 0 bridgehead atoms. The second-order valence-electron chi connectivity index (χ2n) is 15.3.